The van der Waals surface area contributed by atoms with Crippen molar-refractivity contribution in [2.75, 3.05) is 6.61 Å². The molecule has 1 aromatic carbocycles. The van der Waals surface area contributed by atoms with Gasteiger partial charge >= 0.3 is 5.97 Å². The van der Waals surface area contributed by atoms with Crippen LogP contribution in [0.15, 0.2) is 35.3 Å². The smallest absolute Gasteiger partial charge is 0.325 e. The molecule has 2 atom stereocenters. The normalized spacial score (nSPS) is 18.1. The van der Waals surface area contributed by atoms with Crippen molar-refractivity contribution in [2.45, 2.75) is 13.0 Å². The number of nitrogens with one attached hydrogen (secondary N) is 1. The predicted octanol–water partition coefficient (Wildman–Crippen LogP) is 1.44. The SMILES string of the molecule is CCOC(=O)C(C#N)C1C=C(c2ccccc2O)NC=N1. The molecule has 1 heterocycles. The third kappa shape index (κ3) is 3.20. The van der Waals surface area contributed by atoms with E-state index in [9.17, 15) is 9.90 Å². The summed E-state index contributed by atoms with van der Waals surface area (Å²) in [6.07, 6.45) is 3.05. The number of esters is 1. The number of hydrogen-bond donors (Lipinski definition) is 2. The molecule has 0 bridgehead atoms. The molecule has 0 saturated heterocycles. The molecule has 0 aromatic heterocycles. The number of nitriles is 1. The maximum absolute atomic E-state index is 11.8. The molecule has 2 unspecified atom stereocenters. The van der Waals surface area contributed by atoms with E-state index in [1.54, 1.807) is 37.3 Å². The average molecular weight is 285 g/mol. The minimum Gasteiger partial charge on any atom is -0.507 e. The molecule has 0 saturated carbocycles. The fourth-order valence-electron chi connectivity index (χ4n) is 2.01. The molecule has 0 amide bonds. The lowest BCUT2D eigenvalue weighted by molar-refractivity contribution is -0.146. The number of phenols is 1. The Morgan fingerprint density at radius 1 is 1.57 bits per heavy atom. The lowest BCUT2D eigenvalue weighted by atomic mass is 9.98. The predicted molar refractivity (Wildman–Crippen MR) is 77.2 cm³/mol. The van der Waals surface area contributed by atoms with Crippen molar-refractivity contribution >= 4 is 18.0 Å². The maximum Gasteiger partial charge on any atom is 0.325 e. The van der Waals surface area contributed by atoms with Crippen molar-refractivity contribution < 1.29 is 14.6 Å². The monoisotopic (exact) mass is 285 g/mol. The third-order valence-corrected chi connectivity index (χ3v) is 3.02. The molecule has 2 N–H and O–H groups in total. The number of phenolic OH excluding ortho intramolecular Hbond substituents is 1. The first-order valence-corrected chi connectivity index (χ1v) is 6.52. The molecule has 21 heavy (non-hydrogen) atoms. The summed E-state index contributed by atoms with van der Waals surface area (Å²) in [7, 11) is 0. The van der Waals surface area contributed by atoms with Crippen molar-refractivity contribution in [1.29, 1.82) is 5.26 Å². The van der Waals surface area contributed by atoms with Gasteiger partial charge in [0.2, 0.25) is 0 Å². The van der Waals surface area contributed by atoms with Gasteiger partial charge in [-0.05, 0) is 25.1 Å². The molecular formula is C15H15N3O3. The van der Waals surface area contributed by atoms with E-state index in [-0.39, 0.29) is 12.4 Å². The van der Waals surface area contributed by atoms with Crippen molar-refractivity contribution in [2.24, 2.45) is 10.9 Å². The van der Waals surface area contributed by atoms with E-state index in [0.29, 0.717) is 11.3 Å². The van der Waals surface area contributed by atoms with E-state index in [1.807, 2.05) is 6.07 Å². The summed E-state index contributed by atoms with van der Waals surface area (Å²) in [5, 5.41) is 21.9. The Balaban J connectivity index is 2.28. The Kier molecular flexibility index (Phi) is 4.57. The lowest BCUT2D eigenvalue weighted by Crippen LogP contribution is -2.30. The number of nitrogens with zero attached hydrogens (tertiary/aromatic N) is 2. The van der Waals surface area contributed by atoms with Crippen LogP contribution in [0.1, 0.15) is 12.5 Å². The Morgan fingerprint density at radius 3 is 3.00 bits per heavy atom. The fourth-order valence-corrected chi connectivity index (χ4v) is 2.01. The van der Waals surface area contributed by atoms with E-state index in [4.69, 9.17) is 10.00 Å². The molecule has 2 rings (SSSR count). The average Bonchev–Trinajstić information content (AvgIpc) is 2.49. The molecule has 0 spiro atoms. The first kappa shape index (κ1) is 14.6. The van der Waals surface area contributed by atoms with E-state index >= 15 is 0 Å². The van der Waals surface area contributed by atoms with Gasteiger partial charge in [-0.25, -0.2) is 0 Å². The molecule has 0 aliphatic carbocycles. The van der Waals surface area contributed by atoms with E-state index in [0.717, 1.165) is 0 Å². The molecule has 0 fully saturated rings. The minimum atomic E-state index is -1.01. The standard InChI is InChI=1S/C15H15N3O3/c1-2-21-15(20)11(8-16)13-7-12(17-9-18-13)10-5-3-4-6-14(10)19/h3-7,9,11,13,19H,2H2,1H3,(H,17,18). The molecular weight excluding hydrogens is 270 g/mol. The van der Waals surface area contributed by atoms with Gasteiger partial charge in [0.05, 0.1) is 25.1 Å². The van der Waals surface area contributed by atoms with Gasteiger partial charge in [-0.3, -0.25) is 9.79 Å². The third-order valence-electron chi connectivity index (χ3n) is 3.02. The summed E-state index contributed by atoms with van der Waals surface area (Å²) in [6.45, 7) is 1.89. The molecule has 108 valence electrons. The van der Waals surface area contributed by atoms with Crippen molar-refractivity contribution in [3.05, 3.63) is 35.9 Å². The zero-order valence-corrected chi connectivity index (χ0v) is 11.5. The van der Waals surface area contributed by atoms with Crippen LogP contribution < -0.4 is 5.32 Å². The van der Waals surface area contributed by atoms with Gasteiger partial charge in [0, 0.05) is 11.3 Å². The van der Waals surface area contributed by atoms with Gasteiger partial charge in [0.25, 0.3) is 0 Å². The second-order valence-electron chi connectivity index (χ2n) is 4.37. The highest BCUT2D eigenvalue weighted by Crippen LogP contribution is 2.26. The number of benzene rings is 1. The summed E-state index contributed by atoms with van der Waals surface area (Å²) < 4.78 is 4.88. The number of hydrogen-bond acceptors (Lipinski definition) is 6. The van der Waals surface area contributed by atoms with Crippen molar-refractivity contribution in [1.82, 2.24) is 5.32 Å². The second kappa shape index (κ2) is 6.57. The Hall–Kier alpha value is -2.81. The molecule has 1 aromatic rings. The number of carbonyl (C=O) groups is 1. The van der Waals surface area contributed by atoms with Crippen LogP contribution in [0.3, 0.4) is 0 Å². The van der Waals surface area contributed by atoms with Crippen LogP contribution in [0.5, 0.6) is 5.75 Å². The number of rotatable bonds is 4. The van der Waals surface area contributed by atoms with E-state index in [1.165, 1.54) is 6.34 Å². The zero-order valence-electron chi connectivity index (χ0n) is 11.5. The van der Waals surface area contributed by atoms with Gasteiger partial charge in [-0.1, -0.05) is 12.1 Å². The highest BCUT2D eigenvalue weighted by molar-refractivity contribution is 5.83. The van der Waals surface area contributed by atoms with Gasteiger partial charge < -0.3 is 15.2 Å². The van der Waals surface area contributed by atoms with Gasteiger partial charge in [-0.2, -0.15) is 5.26 Å². The number of carbonyl (C=O) groups excluding carboxylic acids is 1. The number of para-hydroxylation sites is 1. The largest absolute Gasteiger partial charge is 0.507 e. The molecule has 1 aliphatic rings. The van der Waals surface area contributed by atoms with Crippen LogP contribution in [0.4, 0.5) is 0 Å². The first-order chi connectivity index (χ1) is 10.2. The van der Waals surface area contributed by atoms with E-state index in [2.05, 4.69) is 10.3 Å². The second-order valence-corrected chi connectivity index (χ2v) is 4.37. The zero-order chi connectivity index (χ0) is 15.2. The Bertz CT molecular complexity index is 631. The van der Waals surface area contributed by atoms with Crippen LogP contribution >= 0.6 is 0 Å². The quantitative estimate of drug-likeness (QED) is 0.816. The van der Waals surface area contributed by atoms with Crippen molar-refractivity contribution in [3.8, 4) is 11.8 Å². The molecule has 1 aliphatic heterocycles. The van der Waals surface area contributed by atoms with Crippen LogP contribution in [-0.2, 0) is 9.53 Å². The molecule has 0 radical (unpaired) electrons. The summed E-state index contributed by atoms with van der Waals surface area (Å²) in [4.78, 5) is 15.9. The maximum atomic E-state index is 11.8. The van der Waals surface area contributed by atoms with Crippen LogP contribution in [0.25, 0.3) is 5.70 Å². The number of ether oxygens (including phenoxy) is 1. The number of aromatic hydroxyl groups is 1. The van der Waals surface area contributed by atoms with Crippen molar-refractivity contribution in [3.63, 3.8) is 0 Å². The van der Waals surface area contributed by atoms with E-state index < -0.39 is 17.9 Å². The van der Waals surface area contributed by atoms with Gasteiger partial charge in [-0.15, -0.1) is 0 Å². The Labute approximate surface area is 122 Å². The van der Waals surface area contributed by atoms with Gasteiger partial charge in [0.15, 0.2) is 5.92 Å². The highest BCUT2D eigenvalue weighted by atomic mass is 16.5. The van der Waals surface area contributed by atoms with Crippen LogP contribution in [-0.4, -0.2) is 30.1 Å². The summed E-state index contributed by atoms with van der Waals surface area (Å²) in [5.74, 6) is -1.50. The summed E-state index contributed by atoms with van der Waals surface area (Å²) in [5.41, 5.74) is 1.17. The number of aliphatic imine (C=N–C) groups is 1. The Morgan fingerprint density at radius 2 is 2.33 bits per heavy atom. The highest BCUT2D eigenvalue weighted by Gasteiger charge is 2.29. The van der Waals surface area contributed by atoms with Crippen LogP contribution in [0.2, 0.25) is 0 Å². The summed E-state index contributed by atoms with van der Waals surface area (Å²) in [6, 6.07) is 8.06. The van der Waals surface area contributed by atoms with Gasteiger partial charge in [0.1, 0.15) is 5.75 Å². The topological polar surface area (TPSA) is 94.7 Å². The molecule has 6 heteroatoms. The van der Waals surface area contributed by atoms with Crippen LogP contribution in [0, 0.1) is 17.2 Å². The minimum absolute atomic E-state index is 0.106. The first-order valence-electron chi connectivity index (χ1n) is 6.52. The summed E-state index contributed by atoms with van der Waals surface area (Å²) >= 11 is 0. The molecule has 6 nitrogen and oxygen atoms in total. The lowest BCUT2D eigenvalue weighted by Gasteiger charge is -2.20. The fraction of sp³-hybridized carbons (Fsp3) is 0.267.